The molecule has 0 unspecified atom stereocenters. The Hall–Kier alpha value is -3.52. The zero-order chi connectivity index (χ0) is 23.0. The largest absolute Gasteiger partial charge is 0.467 e. The van der Waals surface area contributed by atoms with Gasteiger partial charge in [0, 0.05) is 30.1 Å². The summed E-state index contributed by atoms with van der Waals surface area (Å²) in [5.74, 6) is 0.700. The summed E-state index contributed by atoms with van der Waals surface area (Å²) in [6.45, 7) is 1.46. The molecule has 0 spiro atoms. The number of amides is 3. The minimum absolute atomic E-state index is 0.136. The molecule has 170 valence electrons. The van der Waals surface area contributed by atoms with Crippen molar-refractivity contribution in [1.29, 1.82) is 0 Å². The topological polar surface area (TPSA) is 91.7 Å². The van der Waals surface area contributed by atoms with Crippen LogP contribution in [0.4, 0.5) is 5.69 Å². The second-order valence-electron chi connectivity index (χ2n) is 7.64. The third kappa shape index (κ3) is 6.04. The monoisotopic (exact) mass is 463 g/mol. The van der Waals surface area contributed by atoms with E-state index in [2.05, 4.69) is 10.6 Å². The molecule has 0 aliphatic carbocycles. The molecule has 0 atom stereocenters. The number of nitrogens with zero attached hydrogens (tertiary/aromatic N) is 1. The van der Waals surface area contributed by atoms with Crippen LogP contribution in [0.1, 0.15) is 34.5 Å². The second-order valence-corrected chi connectivity index (χ2v) is 8.66. The van der Waals surface area contributed by atoms with Crippen LogP contribution in [0.15, 0.2) is 76.2 Å². The molecule has 33 heavy (non-hydrogen) atoms. The first-order valence-corrected chi connectivity index (χ1v) is 11.8. The van der Waals surface area contributed by atoms with Crippen molar-refractivity contribution in [2.45, 2.75) is 30.8 Å². The Kier molecular flexibility index (Phi) is 7.47. The summed E-state index contributed by atoms with van der Waals surface area (Å²) in [6, 6.07) is 18.5. The van der Waals surface area contributed by atoms with Crippen molar-refractivity contribution >= 4 is 35.2 Å². The molecule has 4 rings (SSSR count). The van der Waals surface area contributed by atoms with E-state index in [1.165, 1.54) is 11.8 Å². The minimum atomic E-state index is -0.201. The van der Waals surface area contributed by atoms with Crippen LogP contribution in [0, 0.1) is 0 Å². The van der Waals surface area contributed by atoms with Crippen molar-refractivity contribution in [1.82, 2.24) is 10.6 Å². The molecule has 1 aliphatic heterocycles. The molecule has 1 saturated heterocycles. The average Bonchev–Trinajstić information content (AvgIpc) is 3.52. The quantitative estimate of drug-likeness (QED) is 0.472. The molecule has 7 nitrogen and oxygen atoms in total. The van der Waals surface area contributed by atoms with E-state index in [0.29, 0.717) is 30.8 Å². The highest BCUT2D eigenvalue weighted by molar-refractivity contribution is 8.00. The number of rotatable bonds is 9. The number of hydrogen-bond donors (Lipinski definition) is 2. The number of thioether (sulfide) groups is 1. The van der Waals surface area contributed by atoms with Gasteiger partial charge in [-0.3, -0.25) is 14.4 Å². The SMILES string of the molecule is O=C(CSc1ccccc1C(=O)NCc1ccc(N2CCCC2=O)cc1)NCc1ccco1. The van der Waals surface area contributed by atoms with Crippen LogP contribution < -0.4 is 15.5 Å². The normalized spacial score (nSPS) is 13.2. The van der Waals surface area contributed by atoms with Crippen molar-refractivity contribution in [2.24, 2.45) is 0 Å². The molecule has 2 aromatic carbocycles. The Bertz CT molecular complexity index is 1110. The van der Waals surface area contributed by atoms with Gasteiger partial charge in [-0.25, -0.2) is 0 Å². The Balaban J connectivity index is 1.29. The van der Waals surface area contributed by atoms with Gasteiger partial charge in [0.2, 0.25) is 11.8 Å². The zero-order valence-electron chi connectivity index (χ0n) is 18.1. The van der Waals surface area contributed by atoms with E-state index in [4.69, 9.17) is 4.42 Å². The third-order valence-corrected chi connectivity index (χ3v) is 6.38. The highest BCUT2D eigenvalue weighted by Gasteiger charge is 2.21. The van der Waals surface area contributed by atoms with E-state index in [-0.39, 0.29) is 23.5 Å². The first-order chi connectivity index (χ1) is 16.1. The molecule has 1 fully saturated rings. The van der Waals surface area contributed by atoms with Gasteiger partial charge >= 0.3 is 0 Å². The predicted octanol–water partition coefficient (Wildman–Crippen LogP) is 3.74. The summed E-state index contributed by atoms with van der Waals surface area (Å²) in [5.41, 5.74) is 2.36. The molecular weight excluding hydrogens is 438 g/mol. The van der Waals surface area contributed by atoms with Crippen LogP contribution in [0.3, 0.4) is 0 Å². The van der Waals surface area contributed by atoms with Crippen LogP contribution in [0.25, 0.3) is 0 Å². The lowest BCUT2D eigenvalue weighted by Crippen LogP contribution is -2.25. The lowest BCUT2D eigenvalue weighted by atomic mass is 10.1. The van der Waals surface area contributed by atoms with Gasteiger partial charge in [-0.2, -0.15) is 0 Å². The van der Waals surface area contributed by atoms with E-state index in [1.807, 2.05) is 36.4 Å². The third-order valence-electron chi connectivity index (χ3n) is 5.30. The van der Waals surface area contributed by atoms with E-state index in [0.717, 1.165) is 29.1 Å². The molecule has 0 bridgehead atoms. The average molecular weight is 464 g/mol. The summed E-state index contributed by atoms with van der Waals surface area (Å²) in [6.07, 6.45) is 3.05. The van der Waals surface area contributed by atoms with Crippen molar-refractivity contribution in [3.05, 3.63) is 83.8 Å². The van der Waals surface area contributed by atoms with Crippen molar-refractivity contribution < 1.29 is 18.8 Å². The van der Waals surface area contributed by atoms with E-state index in [1.54, 1.807) is 35.4 Å². The number of furan rings is 1. The molecule has 0 radical (unpaired) electrons. The maximum Gasteiger partial charge on any atom is 0.252 e. The zero-order valence-corrected chi connectivity index (χ0v) is 18.9. The number of nitrogens with one attached hydrogen (secondary N) is 2. The maximum atomic E-state index is 12.8. The lowest BCUT2D eigenvalue weighted by Gasteiger charge is -2.16. The van der Waals surface area contributed by atoms with Crippen LogP contribution in [0.2, 0.25) is 0 Å². The molecule has 1 aliphatic rings. The Morgan fingerprint density at radius 3 is 2.52 bits per heavy atom. The molecule has 8 heteroatoms. The summed E-state index contributed by atoms with van der Waals surface area (Å²) >= 11 is 1.32. The number of carbonyl (C=O) groups is 3. The molecule has 1 aromatic heterocycles. The van der Waals surface area contributed by atoms with Crippen molar-refractivity contribution in [2.75, 3.05) is 17.2 Å². The van der Waals surface area contributed by atoms with Crippen LogP contribution in [-0.2, 0) is 22.7 Å². The minimum Gasteiger partial charge on any atom is -0.467 e. The molecule has 3 aromatic rings. The van der Waals surface area contributed by atoms with Gasteiger partial charge in [0.25, 0.3) is 5.91 Å². The number of carbonyl (C=O) groups excluding carboxylic acids is 3. The van der Waals surface area contributed by atoms with Gasteiger partial charge in [-0.15, -0.1) is 11.8 Å². The van der Waals surface area contributed by atoms with Crippen molar-refractivity contribution in [3.8, 4) is 0 Å². The summed E-state index contributed by atoms with van der Waals surface area (Å²) in [4.78, 5) is 39.4. The van der Waals surface area contributed by atoms with Crippen LogP contribution in [-0.4, -0.2) is 30.0 Å². The van der Waals surface area contributed by atoms with E-state index >= 15 is 0 Å². The number of anilines is 1. The first kappa shape index (κ1) is 22.7. The van der Waals surface area contributed by atoms with Crippen molar-refractivity contribution in [3.63, 3.8) is 0 Å². The number of benzene rings is 2. The first-order valence-electron chi connectivity index (χ1n) is 10.8. The van der Waals surface area contributed by atoms with Crippen LogP contribution >= 0.6 is 11.8 Å². The lowest BCUT2D eigenvalue weighted by molar-refractivity contribution is -0.119. The molecule has 2 N–H and O–H groups in total. The Labute approximate surface area is 196 Å². The van der Waals surface area contributed by atoms with Gasteiger partial charge in [-0.1, -0.05) is 24.3 Å². The highest BCUT2D eigenvalue weighted by atomic mass is 32.2. The predicted molar refractivity (Wildman–Crippen MR) is 127 cm³/mol. The fourth-order valence-electron chi connectivity index (χ4n) is 3.57. The Morgan fingerprint density at radius 1 is 0.970 bits per heavy atom. The molecular formula is C25H25N3O4S. The smallest absolute Gasteiger partial charge is 0.252 e. The van der Waals surface area contributed by atoms with Gasteiger partial charge in [0.1, 0.15) is 5.76 Å². The van der Waals surface area contributed by atoms with Gasteiger partial charge in [0.05, 0.1) is 24.1 Å². The molecule has 0 saturated carbocycles. The van der Waals surface area contributed by atoms with E-state index < -0.39 is 0 Å². The number of hydrogen-bond acceptors (Lipinski definition) is 5. The fraction of sp³-hybridized carbons (Fsp3) is 0.240. The summed E-state index contributed by atoms with van der Waals surface area (Å²) < 4.78 is 5.21. The summed E-state index contributed by atoms with van der Waals surface area (Å²) in [5, 5.41) is 5.74. The second kappa shape index (κ2) is 10.9. The fourth-order valence-corrected chi connectivity index (χ4v) is 4.45. The maximum absolute atomic E-state index is 12.8. The van der Waals surface area contributed by atoms with Gasteiger partial charge < -0.3 is 20.0 Å². The highest BCUT2D eigenvalue weighted by Crippen LogP contribution is 2.23. The van der Waals surface area contributed by atoms with Crippen LogP contribution in [0.5, 0.6) is 0 Å². The van der Waals surface area contributed by atoms with Gasteiger partial charge in [-0.05, 0) is 48.4 Å². The van der Waals surface area contributed by atoms with E-state index in [9.17, 15) is 14.4 Å². The standard InChI is InChI=1S/C25H25N3O4S/c29-23(26-16-20-5-4-14-32-20)17-33-22-7-2-1-6-21(22)25(31)27-15-18-9-11-19(12-10-18)28-13-3-8-24(28)30/h1-2,4-7,9-12,14H,3,8,13,15-17H2,(H,26,29)(H,27,31). The molecule has 2 heterocycles. The molecule has 3 amide bonds. The Morgan fingerprint density at radius 2 is 1.79 bits per heavy atom. The summed E-state index contributed by atoms with van der Waals surface area (Å²) in [7, 11) is 0. The van der Waals surface area contributed by atoms with Gasteiger partial charge in [0.15, 0.2) is 0 Å².